The number of aromatic nitrogens is 2. The van der Waals surface area contributed by atoms with Crippen LogP contribution in [0.15, 0.2) is 60.9 Å². The highest BCUT2D eigenvalue weighted by molar-refractivity contribution is 5.78. The first-order valence-corrected chi connectivity index (χ1v) is 9.05. The Kier molecular flexibility index (Phi) is 6.20. The van der Waals surface area contributed by atoms with Gasteiger partial charge in [-0.05, 0) is 53.9 Å². The largest absolute Gasteiger partial charge is 0.573 e. The molecule has 6 nitrogen and oxygen atoms in total. The molecule has 0 aliphatic heterocycles. The molecule has 2 heterocycles. The molecular weight excluding hydrogens is 397 g/mol. The summed E-state index contributed by atoms with van der Waals surface area (Å²) in [5.74, 6) is -0.334. The average Bonchev–Trinajstić information content (AvgIpc) is 2.69. The number of hydrogen-bond acceptors (Lipinski definition) is 4. The Morgan fingerprint density at radius 1 is 1.13 bits per heavy atom. The van der Waals surface area contributed by atoms with Gasteiger partial charge >= 0.3 is 12.4 Å². The quantitative estimate of drug-likeness (QED) is 0.659. The third-order valence-corrected chi connectivity index (χ3v) is 4.34. The van der Waals surface area contributed by atoms with Gasteiger partial charge in [0.15, 0.2) is 0 Å². The number of halogens is 3. The van der Waals surface area contributed by atoms with Crippen LogP contribution in [0.5, 0.6) is 5.75 Å². The summed E-state index contributed by atoms with van der Waals surface area (Å²) in [7, 11) is 0. The van der Waals surface area contributed by atoms with Gasteiger partial charge in [-0.15, -0.1) is 13.2 Å². The number of amides is 1. The smallest absolute Gasteiger partial charge is 0.406 e. The number of hydrogen-bond donors (Lipinski definition) is 2. The van der Waals surface area contributed by atoms with Crippen LogP contribution in [-0.4, -0.2) is 28.5 Å². The minimum absolute atomic E-state index is 0.0257. The van der Waals surface area contributed by atoms with Gasteiger partial charge in [0.2, 0.25) is 0 Å². The van der Waals surface area contributed by atoms with E-state index in [0.29, 0.717) is 24.1 Å². The van der Waals surface area contributed by atoms with Crippen molar-refractivity contribution < 1.29 is 22.7 Å². The maximum atomic E-state index is 12.5. The van der Waals surface area contributed by atoms with Gasteiger partial charge in [-0.25, -0.2) is 4.79 Å². The number of nitrogens with zero attached hydrogens (tertiary/aromatic N) is 2. The van der Waals surface area contributed by atoms with Gasteiger partial charge in [0.25, 0.3) is 0 Å². The zero-order chi connectivity index (χ0) is 21.7. The van der Waals surface area contributed by atoms with Crippen LogP contribution in [0.25, 0.3) is 11.1 Å². The van der Waals surface area contributed by atoms with Crippen molar-refractivity contribution >= 4 is 6.03 Å². The summed E-state index contributed by atoms with van der Waals surface area (Å²) in [6.07, 6.45) is -1.06. The normalized spacial score (nSPS) is 11.2. The van der Waals surface area contributed by atoms with E-state index in [2.05, 4.69) is 15.0 Å². The molecule has 0 saturated heterocycles. The Hall–Kier alpha value is -3.62. The van der Waals surface area contributed by atoms with E-state index in [9.17, 15) is 18.0 Å². The summed E-state index contributed by atoms with van der Waals surface area (Å²) in [5.41, 5.74) is 3.03. The van der Waals surface area contributed by atoms with Gasteiger partial charge in [-0.3, -0.25) is 15.0 Å². The lowest BCUT2D eigenvalue weighted by atomic mass is 10.1. The van der Waals surface area contributed by atoms with E-state index in [-0.39, 0.29) is 11.2 Å². The molecule has 2 N–H and O–H groups in total. The highest BCUT2D eigenvalue weighted by Crippen LogP contribution is 2.26. The maximum absolute atomic E-state index is 12.5. The molecule has 2 aromatic heterocycles. The van der Waals surface area contributed by atoms with Crippen molar-refractivity contribution in [3.63, 3.8) is 0 Å². The fraction of sp³-hybridized carbons (Fsp3) is 0.190. The van der Waals surface area contributed by atoms with Gasteiger partial charge in [0.05, 0.1) is 0 Å². The van der Waals surface area contributed by atoms with E-state index in [4.69, 9.17) is 5.41 Å². The molecule has 3 aromatic rings. The van der Waals surface area contributed by atoms with E-state index in [1.165, 1.54) is 36.5 Å². The maximum Gasteiger partial charge on any atom is 0.573 e. The Bertz CT molecular complexity index is 1090. The van der Waals surface area contributed by atoms with E-state index >= 15 is 0 Å². The standard InChI is InChI=1S/C21H19F3N4O2/c1-14-3-2-11-26-18(14)10-12-27-20(29)28-13-16(6-9-19(28)25)15-4-7-17(8-5-15)30-21(22,23)24/h2-9,11,13,25H,10,12H2,1H3,(H,27,29). The van der Waals surface area contributed by atoms with Gasteiger partial charge in [0, 0.05) is 31.1 Å². The van der Waals surface area contributed by atoms with Crippen molar-refractivity contribution in [1.82, 2.24) is 14.9 Å². The average molecular weight is 416 g/mol. The van der Waals surface area contributed by atoms with Crippen LogP contribution in [0.2, 0.25) is 0 Å². The molecule has 9 heteroatoms. The fourth-order valence-corrected chi connectivity index (χ4v) is 2.84. The van der Waals surface area contributed by atoms with Crippen molar-refractivity contribution in [3.05, 3.63) is 77.7 Å². The third-order valence-electron chi connectivity index (χ3n) is 4.34. The predicted octanol–water partition coefficient (Wildman–Crippen LogP) is 4.04. The summed E-state index contributed by atoms with van der Waals surface area (Å²) in [6.45, 7) is 2.28. The Balaban J connectivity index is 1.71. The number of pyridine rings is 2. The Labute approximate surface area is 170 Å². The summed E-state index contributed by atoms with van der Waals surface area (Å²) < 4.78 is 41.9. The van der Waals surface area contributed by atoms with Crippen LogP contribution in [0.3, 0.4) is 0 Å². The SMILES string of the molecule is Cc1cccnc1CCNC(=O)n1cc(-c2ccc(OC(F)(F)F)cc2)ccc1=N. The Morgan fingerprint density at radius 3 is 2.50 bits per heavy atom. The van der Waals surface area contributed by atoms with Crippen LogP contribution < -0.4 is 15.5 Å². The predicted molar refractivity (Wildman–Crippen MR) is 104 cm³/mol. The molecule has 0 bridgehead atoms. The van der Waals surface area contributed by atoms with Crippen molar-refractivity contribution in [2.75, 3.05) is 6.54 Å². The van der Waals surface area contributed by atoms with Crippen LogP contribution in [0.4, 0.5) is 18.0 Å². The lowest BCUT2D eigenvalue weighted by Gasteiger charge is -2.12. The van der Waals surface area contributed by atoms with Crippen molar-refractivity contribution in [3.8, 4) is 16.9 Å². The molecule has 1 amide bonds. The second kappa shape index (κ2) is 8.81. The highest BCUT2D eigenvalue weighted by Gasteiger charge is 2.30. The zero-order valence-electron chi connectivity index (χ0n) is 16.0. The number of nitrogens with one attached hydrogen (secondary N) is 2. The summed E-state index contributed by atoms with van der Waals surface area (Å²) in [6, 6.07) is 11.6. The summed E-state index contributed by atoms with van der Waals surface area (Å²) >= 11 is 0. The molecule has 0 aliphatic carbocycles. The number of rotatable bonds is 5. The van der Waals surface area contributed by atoms with Gasteiger partial charge < -0.3 is 10.1 Å². The first kappa shape index (κ1) is 21.1. The monoisotopic (exact) mass is 416 g/mol. The third kappa shape index (κ3) is 5.47. The van der Waals surface area contributed by atoms with E-state index in [0.717, 1.165) is 15.8 Å². The molecule has 0 radical (unpaired) electrons. The molecular formula is C21H19F3N4O2. The number of alkyl halides is 3. The van der Waals surface area contributed by atoms with Crippen LogP contribution in [0, 0.1) is 12.3 Å². The molecule has 156 valence electrons. The highest BCUT2D eigenvalue weighted by atomic mass is 19.4. The second-order valence-corrected chi connectivity index (χ2v) is 6.49. The number of aryl methyl sites for hydroxylation is 1. The number of benzene rings is 1. The van der Waals surface area contributed by atoms with E-state index in [1.54, 1.807) is 12.3 Å². The first-order valence-electron chi connectivity index (χ1n) is 9.05. The lowest BCUT2D eigenvalue weighted by Crippen LogP contribution is -2.36. The van der Waals surface area contributed by atoms with E-state index in [1.807, 2.05) is 19.1 Å². The zero-order valence-corrected chi connectivity index (χ0v) is 16.0. The molecule has 0 spiro atoms. The molecule has 0 saturated carbocycles. The summed E-state index contributed by atoms with van der Waals surface area (Å²) in [5, 5.41) is 10.7. The molecule has 30 heavy (non-hydrogen) atoms. The molecule has 0 atom stereocenters. The second-order valence-electron chi connectivity index (χ2n) is 6.49. The molecule has 1 aromatic carbocycles. The van der Waals surface area contributed by atoms with Gasteiger partial charge in [0.1, 0.15) is 11.2 Å². The fourth-order valence-electron chi connectivity index (χ4n) is 2.84. The minimum atomic E-state index is -4.76. The first-order chi connectivity index (χ1) is 14.2. The van der Waals surface area contributed by atoms with Crippen molar-refractivity contribution in [2.45, 2.75) is 19.7 Å². The number of carbonyl (C=O) groups is 1. The molecule has 0 aliphatic rings. The summed E-state index contributed by atoms with van der Waals surface area (Å²) in [4.78, 5) is 16.8. The van der Waals surface area contributed by atoms with Gasteiger partial charge in [-0.1, -0.05) is 18.2 Å². The molecule has 3 rings (SSSR count). The van der Waals surface area contributed by atoms with Gasteiger partial charge in [-0.2, -0.15) is 0 Å². The van der Waals surface area contributed by atoms with Crippen LogP contribution in [0.1, 0.15) is 11.3 Å². The topological polar surface area (TPSA) is 80.0 Å². The molecule has 0 fully saturated rings. The van der Waals surface area contributed by atoms with E-state index < -0.39 is 12.4 Å². The van der Waals surface area contributed by atoms with Crippen molar-refractivity contribution in [1.29, 1.82) is 5.41 Å². The lowest BCUT2D eigenvalue weighted by molar-refractivity contribution is -0.274. The van der Waals surface area contributed by atoms with Crippen LogP contribution in [-0.2, 0) is 6.42 Å². The Morgan fingerprint density at radius 2 is 1.83 bits per heavy atom. The van der Waals surface area contributed by atoms with Crippen molar-refractivity contribution in [2.24, 2.45) is 0 Å². The minimum Gasteiger partial charge on any atom is -0.406 e. The molecule has 0 unspecified atom stereocenters. The van der Waals surface area contributed by atoms with Crippen LogP contribution >= 0.6 is 0 Å². The number of carbonyl (C=O) groups excluding carboxylic acids is 1. The number of ether oxygens (including phenoxy) is 1.